The Hall–Kier alpha value is -0.900. The van der Waals surface area contributed by atoms with Gasteiger partial charge in [0.1, 0.15) is 5.82 Å². The second kappa shape index (κ2) is 4.31. The normalized spacial score (nSPS) is 20.4. The van der Waals surface area contributed by atoms with Gasteiger partial charge in [0.25, 0.3) is 0 Å². The Balaban J connectivity index is 2.13. The van der Waals surface area contributed by atoms with Gasteiger partial charge >= 0.3 is 0 Å². The molecule has 80 valence electrons. The van der Waals surface area contributed by atoms with Crippen LogP contribution in [0.25, 0.3) is 0 Å². The molecule has 0 radical (unpaired) electrons. The summed E-state index contributed by atoms with van der Waals surface area (Å²) < 4.78 is 14.2. The summed E-state index contributed by atoms with van der Waals surface area (Å²) >= 11 is 3.20. The molecule has 0 aliphatic carbocycles. The van der Waals surface area contributed by atoms with E-state index in [0.717, 1.165) is 10.9 Å². The molecule has 4 heteroatoms. The van der Waals surface area contributed by atoms with Crippen molar-refractivity contribution in [2.45, 2.75) is 12.8 Å². The molecule has 1 aliphatic heterocycles. The average molecular weight is 272 g/mol. The highest BCUT2D eigenvalue weighted by molar-refractivity contribution is 9.10. The number of rotatable bonds is 2. The Morgan fingerprint density at radius 1 is 1.53 bits per heavy atom. The molecule has 0 saturated carbocycles. The van der Waals surface area contributed by atoms with E-state index in [0.29, 0.717) is 18.5 Å². The van der Waals surface area contributed by atoms with Crippen LogP contribution in [0.15, 0.2) is 22.7 Å². The molecule has 1 saturated heterocycles. The van der Waals surface area contributed by atoms with Crippen LogP contribution in [0.5, 0.6) is 0 Å². The Bertz CT molecular complexity index is 394. The summed E-state index contributed by atoms with van der Waals surface area (Å²) in [7, 11) is 0. The Morgan fingerprint density at radius 3 is 2.93 bits per heavy atom. The topological polar surface area (TPSA) is 29.1 Å². The first-order chi connectivity index (χ1) is 7.16. The van der Waals surface area contributed by atoms with Gasteiger partial charge in [0.2, 0.25) is 5.91 Å². The highest BCUT2D eigenvalue weighted by atomic mass is 79.9. The third kappa shape index (κ3) is 2.37. The van der Waals surface area contributed by atoms with Crippen LogP contribution in [-0.2, 0) is 11.2 Å². The zero-order valence-corrected chi connectivity index (χ0v) is 9.68. The summed E-state index contributed by atoms with van der Waals surface area (Å²) in [5, 5.41) is 2.75. The maximum Gasteiger partial charge on any atom is 0.223 e. The van der Waals surface area contributed by atoms with E-state index >= 15 is 0 Å². The maximum atomic E-state index is 13.5. The van der Waals surface area contributed by atoms with Crippen LogP contribution in [0.3, 0.4) is 0 Å². The molecular formula is C11H11BrFNO. The lowest BCUT2D eigenvalue weighted by Gasteiger charge is -2.07. The van der Waals surface area contributed by atoms with Crippen molar-refractivity contribution in [2.24, 2.45) is 5.92 Å². The summed E-state index contributed by atoms with van der Waals surface area (Å²) in [4.78, 5) is 11.3. The predicted octanol–water partition coefficient (Wildman–Crippen LogP) is 2.27. The molecule has 1 aliphatic rings. The lowest BCUT2D eigenvalue weighted by Crippen LogP contribution is -2.20. The van der Waals surface area contributed by atoms with Crippen molar-refractivity contribution in [3.8, 4) is 0 Å². The van der Waals surface area contributed by atoms with Crippen LogP contribution in [0.4, 0.5) is 4.39 Å². The zero-order chi connectivity index (χ0) is 10.8. The van der Waals surface area contributed by atoms with Gasteiger partial charge in [0.05, 0.1) is 0 Å². The number of hydrogen-bond donors (Lipinski definition) is 1. The van der Waals surface area contributed by atoms with E-state index in [4.69, 9.17) is 0 Å². The number of benzene rings is 1. The van der Waals surface area contributed by atoms with E-state index in [1.807, 2.05) is 0 Å². The van der Waals surface area contributed by atoms with E-state index in [1.54, 1.807) is 12.1 Å². The first-order valence-corrected chi connectivity index (χ1v) is 5.68. The fourth-order valence-corrected chi connectivity index (χ4v) is 2.13. The molecule has 0 bridgehead atoms. The largest absolute Gasteiger partial charge is 0.356 e. The molecule has 1 aromatic rings. The first kappa shape index (κ1) is 10.6. The highest BCUT2D eigenvalue weighted by Gasteiger charge is 2.24. The van der Waals surface area contributed by atoms with Crippen LogP contribution in [0, 0.1) is 11.7 Å². The lowest BCUT2D eigenvalue weighted by atomic mass is 9.98. The summed E-state index contributed by atoms with van der Waals surface area (Å²) in [6.07, 6.45) is 1.29. The summed E-state index contributed by atoms with van der Waals surface area (Å²) in [5.41, 5.74) is 0.611. The molecule has 1 heterocycles. The molecule has 2 nitrogen and oxygen atoms in total. The molecule has 1 fully saturated rings. The van der Waals surface area contributed by atoms with Gasteiger partial charge in [-0.15, -0.1) is 0 Å². The summed E-state index contributed by atoms with van der Waals surface area (Å²) in [6, 6.07) is 4.96. The quantitative estimate of drug-likeness (QED) is 0.879. The van der Waals surface area contributed by atoms with E-state index in [1.165, 1.54) is 6.07 Å². The van der Waals surface area contributed by atoms with E-state index in [2.05, 4.69) is 21.2 Å². The Kier molecular flexibility index (Phi) is 3.05. The standard InChI is InChI=1S/C11H11BrFNO/c12-9-2-1-7(10(13)6-9)5-8-3-4-14-11(8)15/h1-2,6,8H,3-5H2,(H,14,15). The second-order valence-electron chi connectivity index (χ2n) is 3.72. The van der Waals surface area contributed by atoms with Gasteiger partial charge in [-0.3, -0.25) is 4.79 Å². The molecule has 1 N–H and O–H groups in total. The van der Waals surface area contributed by atoms with Crippen molar-refractivity contribution in [1.82, 2.24) is 5.32 Å². The third-order valence-electron chi connectivity index (χ3n) is 2.64. The molecule has 15 heavy (non-hydrogen) atoms. The van der Waals surface area contributed by atoms with Gasteiger partial charge in [-0.25, -0.2) is 4.39 Å². The number of carbonyl (C=O) groups excluding carboxylic acids is 1. The van der Waals surface area contributed by atoms with Crippen LogP contribution in [-0.4, -0.2) is 12.5 Å². The molecule has 0 spiro atoms. The minimum atomic E-state index is -0.246. The maximum absolute atomic E-state index is 13.5. The zero-order valence-electron chi connectivity index (χ0n) is 8.09. The van der Waals surface area contributed by atoms with Gasteiger partial charge in [-0.05, 0) is 30.5 Å². The van der Waals surface area contributed by atoms with E-state index in [9.17, 15) is 9.18 Å². The number of hydrogen-bond acceptors (Lipinski definition) is 1. The number of nitrogens with one attached hydrogen (secondary N) is 1. The SMILES string of the molecule is O=C1NCCC1Cc1ccc(Br)cc1F. The monoisotopic (exact) mass is 271 g/mol. The Labute approximate surface area is 96.0 Å². The number of amides is 1. The molecule has 0 aromatic heterocycles. The molecule has 1 unspecified atom stereocenters. The third-order valence-corrected chi connectivity index (χ3v) is 3.14. The highest BCUT2D eigenvalue weighted by Crippen LogP contribution is 2.21. The molecule has 2 rings (SSSR count). The van der Waals surface area contributed by atoms with Crippen LogP contribution >= 0.6 is 15.9 Å². The van der Waals surface area contributed by atoms with Crippen LogP contribution in [0.1, 0.15) is 12.0 Å². The van der Waals surface area contributed by atoms with Crippen molar-refractivity contribution in [3.05, 3.63) is 34.1 Å². The number of halogens is 2. The van der Waals surface area contributed by atoms with Crippen molar-refractivity contribution in [3.63, 3.8) is 0 Å². The van der Waals surface area contributed by atoms with Crippen LogP contribution in [0.2, 0.25) is 0 Å². The lowest BCUT2D eigenvalue weighted by molar-refractivity contribution is -0.122. The predicted molar refractivity (Wildman–Crippen MR) is 58.9 cm³/mol. The van der Waals surface area contributed by atoms with E-state index < -0.39 is 0 Å². The molecule has 1 atom stereocenters. The minimum absolute atomic E-state index is 0.0392. The van der Waals surface area contributed by atoms with Gasteiger partial charge in [-0.1, -0.05) is 22.0 Å². The fraction of sp³-hybridized carbons (Fsp3) is 0.364. The van der Waals surface area contributed by atoms with Crippen LogP contribution < -0.4 is 5.32 Å². The van der Waals surface area contributed by atoms with Gasteiger partial charge in [0.15, 0.2) is 0 Å². The van der Waals surface area contributed by atoms with E-state index in [-0.39, 0.29) is 17.6 Å². The van der Waals surface area contributed by atoms with Gasteiger partial charge in [-0.2, -0.15) is 0 Å². The van der Waals surface area contributed by atoms with Crippen molar-refractivity contribution >= 4 is 21.8 Å². The van der Waals surface area contributed by atoms with Crippen molar-refractivity contribution in [1.29, 1.82) is 0 Å². The molecule has 1 aromatic carbocycles. The van der Waals surface area contributed by atoms with Gasteiger partial charge < -0.3 is 5.32 Å². The summed E-state index contributed by atoms with van der Waals surface area (Å²) in [6.45, 7) is 0.710. The average Bonchev–Trinajstić information content (AvgIpc) is 2.57. The first-order valence-electron chi connectivity index (χ1n) is 4.88. The second-order valence-corrected chi connectivity index (χ2v) is 4.63. The minimum Gasteiger partial charge on any atom is -0.356 e. The summed E-state index contributed by atoms with van der Waals surface area (Å²) in [5.74, 6) is -0.276. The number of carbonyl (C=O) groups is 1. The molecular weight excluding hydrogens is 261 g/mol. The van der Waals surface area contributed by atoms with Crippen molar-refractivity contribution < 1.29 is 9.18 Å². The van der Waals surface area contributed by atoms with Crippen molar-refractivity contribution in [2.75, 3.05) is 6.54 Å². The Morgan fingerprint density at radius 2 is 2.33 bits per heavy atom. The smallest absolute Gasteiger partial charge is 0.223 e. The van der Waals surface area contributed by atoms with Gasteiger partial charge in [0, 0.05) is 16.9 Å². The molecule has 1 amide bonds. The fourth-order valence-electron chi connectivity index (χ4n) is 1.79.